The van der Waals surface area contributed by atoms with Crippen LogP contribution < -0.4 is 10.5 Å². The van der Waals surface area contributed by atoms with Gasteiger partial charge in [0.05, 0.1) is 23.9 Å². The van der Waals surface area contributed by atoms with Crippen molar-refractivity contribution < 1.29 is 14.3 Å². The molecule has 6 nitrogen and oxygen atoms in total. The van der Waals surface area contributed by atoms with E-state index in [2.05, 4.69) is 5.10 Å². The summed E-state index contributed by atoms with van der Waals surface area (Å²) in [7, 11) is 0. The van der Waals surface area contributed by atoms with Crippen LogP contribution in [0.15, 0.2) is 18.3 Å². The van der Waals surface area contributed by atoms with Crippen LogP contribution in [0.25, 0.3) is 10.9 Å². The van der Waals surface area contributed by atoms with Crippen molar-refractivity contribution in [2.24, 2.45) is 0 Å². The zero-order valence-electron chi connectivity index (χ0n) is 11.9. The van der Waals surface area contributed by atoms with E-state index in [-0.39, 0.29) is 18.6 Å². The Balaban J connectivity index is 2.27. The van der Waals surface area contributed by atoms with Crippen molar-refractivity contribution in [1.82, 2.24) is 9.78 Å². The first-order chi connectivity index (χ1) is 9.49. The molecule has 0 amide bonds. The summed E-state index contributed by atoms with van der Waals surface area (Å²) in [6, 6.07) is 3.58. The first-order valence-electron chi connectivity index (χ1n) is 6.58. The van der Waals surface area contributed by atoms with Gasteiger partial charge < -0.3 is 15.2 Å². The minimum Gasteiger partial charge on any atom is -0.489 e. The number of ether oxygens (including phenoxy) is 2. The van der Waals surface area contributed by atoms with E-state index < -0.39 is 0 Å². The van der Waals surface area contributed by atoms with Crippen LogP contribution in [-0.4, -0.2) is 28.5 Å². The van der Waals surface area contributed by atoms with Gasteiger partial charge in [-0.3, -0.25) is 9.48 Å². The van der Waals surface area contributed by atoms with Gasteiger partial charge in [-0.1, -0.05) is 0 Å². The molecular weight excluding hydrogens is 258 g/mol. The predicted molar refractivity (Wildman–Crippen MR) is 76.5 cm³/mol. The zero-order valence-corrected chi connectivity index (χ0v) is 11.9. The third-order valence-electron chi connectivity index (χ3n) is 2.64. The fourth-order valence-electron chi connectivity index (χ4n) is 1.90. The number of hydrogen-bond acceptors (Lipinski definition) is 5. The highest BCUT2D eigenvalue weighted by Crippen LogP contribution is 2.28. The van der Waals surface area contributed by atoms with Gasteiger partial charge in [0.2, 0.25) is 0 Å². The third kappa shape index (κ3) is 3.20. The molecule has 108 valence electrons. The second kappa shape index (κ2) is 5.81. The molecule has 0 aliphatic heterocycles. The van der Waals surface area contributed by atoms with Crippen LogP contribution >= 0.6 is 0 Å². The Labute approximate surface area is 117 Å². The van der Waals surface area contributed by atoms with Crippen LogP contribution in [0, 0.1) is 0 Å². The van der Waals surface area contributed by atoms with Crippen LogP contribution in [0.2, 0.25) is 0 Å². The van der Waals surface area contributed by atoms with Crippen molar-refractivity contribution in [2.75, 3.05) is 12.3 Å². The maximum Gasteiger partial charge on any atom is 0.327 e. The van der Waals surface area contributed by atoms with E-state index in [1.807, 2.05) is 13.8 Å². The number of carbonyl (C=O) groups excluding carboxylic acids is 1. The summed E-state index contributed by atoms with van der Waals surface area (Å²) in [6.45, 7) is 6.08. The summed E-state index contributed by atoms with van der Waals surface area (Å²) in [4.78, 5) is 11.4. The van der Waals surface area contributed by atoms with Crippen LogP contribution in [0.1, 0.15) is 20.8 Å². The van der Waals surface area contributed by atoms with Crippen molar-refractivity contribution in [2.45, 2.75) is 33.4 Å². The molecule has 0 spiro atoms. The highest BCUT2D eigenvalue weighted by molar-refractivity contribution is 5.85. The number of anilines is 1. The molecular formula is C14H19N3O3. The van der Waals surface area contributed by atoms with Gasteiger partial charge in [-0.2, -0.15) is 5.10 Å². The summed E-state index contributed by atoms with van der Waals surface area (Å²) in [5.41, 5.74) is 7.23. The van der Waals surface area contributed by atoms with Crippen molar-refractivity contribution in [1.29, 1.82) is 0 Å². The van der Waals surface area contributed by atoms with Crippen molar-refractivity contribution in [3.8, 4) is 5.75 Å². The second-order valence-corrected chi connectivity index (χ2v) is 4.75. The number of fused-ring (bicyclic) bond motifs is 1. The largest absolute Gasteiger partial charge is 0.489 e. The molecule has 0 atom stereocenters. The fourth-order valence-corrected chi connectivity index (χ4v) is 1.90. The Hall–Kier alpha value is -2.24. The molecule has 0 radical (unpaired) electrons. The van der Waals surface area contributed by atoms with E-state index in [1.54, 1.807) is 29.9 Å². The van der Waals surface area contributed by atoms with Gasteiger partial charge in [-0.25, -0.2) is 0 Å². The number of rotatable bonds is 5. The highest BCUT2D eigenvalue weighted by atomic mass is 16.5. The normalized spacial score (nSPS) is 11.0. The lowest BCUT2D eigenvalue weighted by molar-refractivity contribution is -0.144. The van der Waals surface area contributed by atoms with E-state index >= 15 is 0 Å². The van der Waals surface area contributed by atoms with Gasteiger partial charge >= 0.3 is 5.97 Å². The molecule has 2 rings (SSSR count). The third-order valence-corrected chi connectivity index (χ3v) is 2.64. The Bertz CT molecular complexity index is 619. The highest BCUT2D eigenvalue weighted by Gasteiger charge is 2.10. The molecule has 1 aromatic heterocycles. The van der Waals surface area contributed by atoms with Gasteiger partial charge in [0.1, 0.15) is 12.3 Å². The lowest BCUT2D eigenvalue weighted by Crippen LogP contribution is -2.13. The number of carbonyl (C=O) groups is 1. The van der Waals surface area contributed by atoms with E-state index in [0.717, 1.165) is 10.9 Å². The van der Waals surface area contributed by atoms with Crippen molar-refractivity contribution >= 4 is 22.6 Å². The van der Waals surface area contributed by atoms with Crippen LogP contribution in [0.4, 0.5) is 5.69 Å². The summed E-state index contributed by atoms with van der Waals surface area (Å²) < 4.78 is 12.1. The Morgan fingerprint density at radius 2 is 2.20 bits per heavy atom. The lowest BCUT2D eigenvalue weighted by Gasteiger charge is -2.11. The first-order valence-corrected chi connectivity index (χ1v) is 6.58. The number of nitrogens with two attached hydrogens (primary N) is 1. The van der Waals surface area contributed by atoms with Crippen molar-refractivity contribution in [3.05, 3.63) is 18.3 Å². The number of benzene rings is 1. The summed E-state index contributed by atoms with van der Waals surface area (Å²) >= 11 is 0. The standard InChI is InChI=1S/C14H19N3O3/c1-4-19-14(18)8-17-7-10-5-11(15)13(20-9(2)3)6-12(10)16-17/h5-7,9H,4,8,15H2,1-3H3. The number of aromatic nitrogens is 2. The van der Waals surface area contributed by atoms with Crippen LogP contribution in [0.3, 0.4) is 0 Å². The smallest absolute Gasteiger partial charge is 0.327 e. The van der Waals surface area contributed by atoms with Gasteiger partial charge in [0.15, 0.2) is 0 Å². The second-order valence-electron chi connectivity index (χ2n) is 4.75. The van der Waals surface area contributed by atoms with Gasteiger partial charge in [-0.15, -0.1) is 0 Å². The quantitative estimate of drug-likeness (QED) is 0.667. The number of esters is 1. The average molecular weight is 277 g/mol. The Morgan fingerprint density at radius 3 is 2.85 bits per heavy atom. The average Bonchev–Trinajstić information content (AvgIpc) is 2.70. The lowest BCUT2D eigenvalue weighted by atomic mass is 10.2. The first kappa shape index (κ1) is 14.2. The van der Waals surface area contributed by atoms with E-state index in [1.165, 1.54) is 0 Å². The molecule has 6 heteroatoms. The van der Waals surface area contributed by atoms with Crippen LogP contribution in [0.5, 0.6) is 5.75 Å². The molecule has 0 fully saturated rings. The molecule has 0 aliphatic rings. The topological polar surface area (TPSA) is 79.4 Å². The maximum absolute atomic E-state index is 11.4. The molecule has 0 bridgehead atoms. The molecule has 0 unspecified atom stereocenters. The van der Waals surface area contributed by atoms with Crippen molar-refractivity contribution in [3.63, 3.8) is 0 Å². The minimum atomic E-state index is -0.313. The molecule has 20 heavy (non-hydrogen) atoms. The Kier molecular flexibility index (Phi) is 4.12. The predicted octanol–water partition coefficient (Wildman–Crippen LogP) is 1.97. The van der Waals surface area contributed by atoms with Crippen LogP contribution in [-0.2, 0) is 16.1 Å². The van der Waals surface area contributed by atoms with E-state index in [0.29, 0.717) is 18.0 Å². The Morgan fingerprint density at radius 1 is 1.45 bits per heavy atom. The van der Waals surface area contributed by atoms with Gasteiger partial charge in [0, 0.05) is 17.6 Å². The molecule has 0 aliphatic carbocycles. The van der Waals surface area contributed by atoms with E-state index in [4.69, 9.17) is 15.2 Å². The molecule has 0 saturated carbocycles. The molecule has 1 heterocycles. The summed E-state index contributed by atoms with van der Waals surface area (Å²) in [5, 5.41) is 5.19. The van der Waals surface area contributed by atoms with E-state index in [9.17, 15) is 4.79 Å². The van der Waals surface area contributed by atoms with Gasteiger partial charge in [-0.05, 0) is 26.8 Å². The number of hydrogen-bond donors (Lipinski definition) is 1. The molecule has 2 aromatic rings. The summed E-state index contributed by atoms with van der Waals surface area (Å²) in [6.07, 6.45) is 1.80. The monoisotopic (exact) mass is 277 g/mol. The SMILES string of the molecule is CCOC(=O)Cn1cc2cc(N)c(OC(C)C)cc2n1. The molecule has 0 saturated heterocycles. The summed E-state index contributed by atoms with van der Waals surface area (Å²) in [5.74, 6) is 0.292. The number of nitrogen functional groups attached to an aromatic ring is 1. The molecule has 2 N–H and O–H groups in total. The molecule has 1 aromatic carbocycles. The number of nitrogens with zero attached hydrogens (tertiary/aromatic N) is 2. The fraction of sp³-hybridized carbons (Fsp3) is 0.429. The van der Waals surface area contributed by atoms with Gasteiger partial charge in [0.25, 0.3) is 0 Å². The minimum absolute atomic E-state index is 0.0383. The maximum atomic E-state index is 11.4. The zero-order chi connectivity index (χ0) is 14.7.